The fraction of sp³-hybridized carbons (Fsp3) is 0.267. The number of benzene rings is 1. The molecule has 0 bridgehead atoms. The molecule has 0 aromatic heterocycles. The molecular weight excluding hydrogens is 274 g/mol. The van der Waals surface area contributed by atoms with E-state index in [9.17, 15) is 14.4 Å². The maximum absolute atomic E-state index is 11.6. The number of phenolic OH excluding ortho intramolecular Hbond substituents is 1. The highest BCUT2D eigenvalue weighted by Crippen LogP contribution is 2.10. The highest BCUT2D eigenvalue weighted by molar-refractivity contribution is 5.94. The minimum absolute atomic E-state index is 0.0590. The molecule has 1 aromatic rings. The van der Waals surface area contributed by atoms with E-state index < -0.39 is 17.9 Å². The minimum Gasteiger partial charge on any atom is -0.508 e. The van der Waals surface area contributed by atoms with Crippen molar-refractivity contribution in [3.8, 4) is 5.75 Å². The van der Waals surface area contributed by atoms with E-state index in [2.05, 4.69) is 5.32 Å². The van der Waals surface area contributed by atoms with Crippen molar-refractivity contribution in [1.29, 1.82) is 0 Å². The van der Waals surface area contributed by atoms with Crippen molar-refractivity contribution >= 4 is 23.7 Å². The number of carboxylic acid groups (broad SMARTS) is 1. The van der Waals surface area contributed by atoms with Gasteiger partial charge in [0, 0.05) is 12.5 Å². The lowest BCUT2D eigenvalue weighted by molar-refractivity contribution is -0.141. The maximum Gasteiger partial charge on any atom is 0.326 e. The third kappa shape index (κ3) is 6.38. The first kappa shape index (κ1) is 16.4. The molecule has 0 aliphatic heterocycles. The van der Waals surface area contributed by atoms with Gasteiger partial charge in [-0.25, -0.2) is 4.79 Å². The number of carbonyl (C=O) groups is 3. The van der Waals surface area contributed by atoms with Crippen LogP contribution in [-0.2, 0) is 14.4 Å². The number of carbonyl (C=O) groups excluding carboxylic acids is 2. The number of rotatable bonds is 7. The normalized spacial score (nSPS) is 12.0. The second-order valence-electron chi connectivity index (χ2n) is 4.56. The Morgan fingerprint density at radius 2 is 1.86 bits per heavy atom. The van der Waals surface area contributed by atoms with E-state index in [1.807, 2.05) is 0 Å². The fourth-order valence-electron chi connectivity index (χ4n) is 1.58. The van der Waals surface area contributed by atoms with Crippen molar-refractivity contribution in [3.63, 3.8) is 0 Å². The molecule has 0 saturated heterocycles. The number of ketones is 1. The summed E-state index contributed by atoms with van der Waals surface area (Å²) in [5, 5.41) is 20.4. The molecule has 1 amide bonds. The van der Waals surface area contributed by atoms with Gasteiger partial charge < -0.3 is 20.3 Å². The van der Waals surface area contributed by atoms with Crippen molar-refractivity contribution in [1.82, 2.24) is 5.32 Å². The van der Waals surface area contributed by atoms with E-state index in [4.69, 9.17) is 10.2 Å². The smallest absolute Gasteiger partial charge is 0.326 e. The predicted octanol–water partition coefficient (Wildman–Crippen LogP) is 1.34. The number of phenols is 1. The van der Waals surface area contributed by atoms with E-state index in [-0.39, 0.29) is 24.4 Å². The first-order valence-electron chi connectivity index (χ1n) is 6.38. The Bertz CT molecular complexity index is 548. The number of carboxylic acids is 1. The van der Waals surface area contributed by atoms with Gasteiger partial charge in [-0.2, -0.15) is 0 Å². The van der Waals surface area contributed by atoms with Crippen LogP contribution in [0.1, 0.15) is 25.3 Å². The molecule has 0 saturated carbocycles. The van der Waals surface area contributed by atoms with Crippen LogP contribution in [0, 0.1) is 0 Å². The first-order valence-corrected chi connectivity index (χ1v) is 6.38. The van der Waals surface area contributed by atoms with E-state index in [1.54, 1.807) is 12.1 Å². The number of hydrogen-bond donors (Lipinski definition) is 3. The van der Waals surface area contributed by atoms with Crippen molar-refractivity contribution in [3.05, 3.63) is 35.9 Å². The maximum atomic E-state index is 11.6. The van der Waals surface area contributed by atoms with E-state index in [0.717, 1.165) is 0 Å². The van der Waals surface area contributed by atoms with Crippen LogP contribution >= 0.6 is 0 Å². The molecule has 1 atom stereocenters. The third-order valence-electron chi connectivity index (χ3n) is 2.72. The molecule has 1 rings (SSSR count). The highest BCUT2D eigenvalue weighted by Gasteiger charge is 2.19. The molecule has 1 aromatic carbocycles. The van der Waals surface area contributed by atoms with Crippen molar-refractivity contribution in [2.45, 2.75) is 25.8 Å². The van der Waals surface area contributed by atoms with Gasteiger partial charge in [-0.15, -0.1) is 0 Å². The second kappa shape index (κ2) is 7.84. The summed E-state index contributed by atoms with van der Waals surface area (Å²) >= 11 is 0. The average Bonchev–Trinajstić information content (AvgIpc) is 2.42. The second-order valence-corrected chi connectivity index (χ2v) is 4.56. The van der Waals surface area contributed by atoms with Gasteiger partial charge in [0.25, 0.3) is 0 Å². The van der Waals surface area contributed by atoms with Crippen LogP contribution in [0.4, 0.5) is 0 Å². The molecule has 0 spiro atoms. The third-order valence-corrected chi connectivity index (χ3v) is 2.72. The highest BCUT2D eigenvalue weighted by atomic mass is 16.4. The summed E-state index contributed by atoms with van der Waals surface area (Å²) in [6, 6.07) is 5.09. The topological polar surface area (TPSA) is 104 Å². The molecule has 0 heterocycles. The van der Waals surface area contributed by atoms with Crippen LogP contribution in [0.15, 0.2) is 30.3 Å². The molecule has 0 fully saturated rings. The molecule has 112 valence electrons. The number of Topliss-reactive ketones (excluding diaryl/α,β-unsaturated/α-hetero) is 1. The van der Waals surface area contributed by atoms with Crippen molar-refractivity contribution < 1.29 is 24.6 Å². The molecule has 1 unspecified atom stereocenters. The molecule has 6 nitrogen and oxygen atoms in total. The molecule has 0 aliphatic carbocycles. The Hall–Kier alpha value is -2.63. The summed E-state index contributed by atoms with van der Waals surface area (Å²) < 4.78 is 0. The number of hydrogen-bond acceptors (Lipinski definition) is 4. The Balaban J connectivity index is 2.59. The summed E-state index contributed by atoms with van der Waals surface area (Å²) in [4.78, 5) is 33.5. The van der Waals surface area contributed by atoms with Gasteiger partial charge in [0.2, 0.25) is 5.91 Å². The molecule has 6 heteroatoms. The van der Waals surface area contributed by atoms with Gasteiger partial charge in [-0.3, -0.25) is 4.79 Å². The SMILES string of the molecule is CC(=O)CCC(NC(=O)/C=C/c1ccc(O)cc1)C(=O)O. The quantitative estimate of drug-likeness (QED) is 0.658. The lowest BCUT2D eigenvalue weighted by Crippen LogP contribution is -2.40. The first-order chi connectivity index (χ1) is 9.88. The zero-order valence-electron chi connectivity index (χ0n) is 11.6. The van der Waals surface area contributed by atoms with Gasteiger partial charge in [0.05, 0.1) is 0 Å². The van der Waals surface area contributed by atoms with Crippen LogP contribution in [0.25, 0.3) is 6.08 Å². The number of aliphatic carboxylic acids is 1. The van der Waals surface area contributed by atoms with Crippen LogP contribution in [-0.4, -0.2) is 33.9 Å². The minimum atomic E-state index is -1.18. The summed E-state index contributed by atoms with van der Waals surface area (Å²) in [6.45, 7) is 1.37. The Labute approximate surface area is 122 Å². The van der Waals surface area contributed by atoms with Crippen LogP contribution < -0.4 is 5.32 Å². The van der Waals surface area contributed by atoms with Crippen molar-refractivity contribution in [2.75, 3.05) is 0 Å². The van der Waals surface area contributed by atoms with E-state index >= 15 is 0 Å². The average molecular weight is 291 g/mol. The standard InChI is InChI=1S/C15H17NO5/c1-10(17)2-8-13(15(20)21)16-14(19)9-5-11-3-6-12(18)7-4-11/h3-7,9,13,18H,2,8H2,1H3,(H,16,19)(H,20,21)/b9-5+. The summed E-state index contributed by atoms with van der Waals surface area (Å²) in [6.07, 6.45) is 2.86. The molecule has 0 radical (unpaired) electrons. The summed E-state index contributed by atoms with van der Waals surface area (Å²) in [5.74, 6) is -1.75. The largest absolute Gasteiger partial charge is 0.508 e. The Morgan fingerprint density at radius 1 is 1.24 bits per heavy atom. The van der Waals surface area contributed by atoms with Gasteiger partial charge in [-0.1, -0.05) is 12.1 Å². The van der Waals surface area contributed by atoms with Crippen LogP contribution in [0.2, 0.25) is 0 Å². The predicted molar refractivity (Wildman–Crippen MR) is 76.6 cm³/mol. The number of nitrogens with one attached hydrogen (secondary N) is 1. The number of amides is 1. The van der Waals surface area contributed by atoms with E-state index in [1.165, 1.54) is 31.2 Å². The van der Waals surface area contributed by atoms with E-state index in [0.29, 0.717) is 5.56 Å². The Morgan fingerprint density at radius 3 is 2.38 bits per heavy atom. The van der Waals surface area contributed by atoms with Crippen LogP contribution in [0.3, 0.4) is 0 Å². The molecule has 21 heavy (non-hydrogen) atoms. The molecule has 0 aliphatic rings. The fourth-order valence-corrected chi connectivity index (χ4v) is 1.58. The monoisotopic (exact) mass is 291 g/mol. The summed E-state index contributed by atoms with van der Waals surface area (Å²) in [7, 11) is 0. The zero-order chi connectivity index (χ0) is 15.8. The Kier molecular flexibility index (Phi) is 6.13. The number of aromatic hydroxyl groups is 1. The lowest BCUT2D eigenvalue weighted by Gasteiger charge is -2.12. The molecular formula is C15H17NO5. The van der Waals surface area contributed by atoms with Crippen LogP contribution in [0.5, 0.6) is 5.75 Å². The van der Waals surface area contributed by atoms with Crippen molar-refractivity contribution in [2.24, 2.45) is 0 Å². The van der Waals surface area contributed by atoms with Gasteiger partial charge in [0.15, 0.2) is 0 Å². The zero-order valence-corrected chi connectivity index (χ0v) is 11.6. The van der Waals surface area contributed by atoms with Gasteiger partial charge in [-0.05, 0) is 37.1 Å². The lowest BCUT2D eigenvalue weighted by atomic mass is 10.1. The van der Waals surface area contributed by atoms with Gasteiger partial charge in [0.1, 0.15) is 17.6 Å². The summed E-state index contributed by atoms with van der Waals surface area (Å²) in [5.41, 5.74) is 0.693. The molecule has 3 N–H and O–H groups in total. The van der Waals surface area contributed by atoms with Gasteiger partial charge >= 0.3 is 5.97 Å².